The lowest BCUT2D eigenvalue weighted by Gasteiger charge is -2.15. The highest BCUT2D eigenvalue weighted by atomic mass is 35.5. The summed E-state index contributed by atoms with van der Waals surface area (Å²) < 4.78 is 5.53. The molecule has 0 spiro atoms. The topological polar surface area (TPSA) is 67.0 Å². The summed E-state index contributed by atoms with van der Waals surface area (Å²) in [4.78, 5) is 18.8. The molecule has 0 bridgehead atoms. The van der Waals surface area contributed by atoms with Crippen molar-refractivity contribution in [1.82, 2.24) is 15.3 Å². The summed E-state index contributed by atoms with van der Waals surface area (Å²) in [5.41, 5.74) is 0.963. The van der Waals surface area contributed by atoms with E-state index in [4.69, 9.17) is 27.9 Å². The van der Waals surface area contributed by atoms with Crippen LogP contribution in [0.4, 0.5) is 0 Å². The number of hydrogen-bond acceptors (Lipinski definition) is 3. The zero-order valence-corrected chi connectivity index (χ0v) is 12.9. The van der Waals surface area contributed by atoms with Gasteiger partial charge >= 0.3 is 0 Å². The third-order valence-corrected chi connectivity index (χ3v) is 3.35. The zero-order valence-electron chi connectivity index (χ0n) is 11.4. The Morgan fingerprint density at radius 3 is 2.95 bits per heavy atom. The van der Waals surface area contributed by atoms with Crippen LogP contribution in [0.25, 0.3) is 0 Å². The quantitative estimate of drug-likeness (QED) is 0.857. The number of nitrogens with zero attached hydrogens (tertiary/aromatic N) is 1. The first-order valence-corrected chi connectivity index (χ1v) is 7.18. The largest absolute Gasteiger partial charge is 0.479 e. The van der Waals surface area contributed by atoms with Gasteiger partial charge in [0.15, 0.2) is 6.10 Å². The molecule has 0 radical (unpaired) electrons. The van der Waals surface area contributed by atoms with E-state index < -0.39 is 6.10 Å². The van der Waals surface area contributed by atoms with Crippen LogP contribution >= 0.6 is 23.2 Å². The van der Waals surface area contributed by atoms with E-state index in [2.05, 4.69) is 15.3 Å². The summed E-state index contributed by atoms with van der Waals surface area (Å²) in [6, 6.07) is 4.87. The van der Waals surface area contributed by atoms with Gasteiger partial charge in [-0.2, -0.15) is 0 Å². The molecule has 0 saturated heterocycles. The van der Waals surface area contributed by atoms with Crippen LogP contribution in [0.3, 0.4) is 0 Å². The van der Waals surface area contributed by atoms with Gasteiger partial charge < -0.3 is 15.0 Å². The van der Waals surface area contributed by atoms with Crippen LogP contribution in [0.1, 0.15) is 12.6 Å². The molecule has 5 nitrogen and oxygen atoms in total. The number of rotatable bonds is 6. The van der Waals surface area contributed by atoms with Gasteiger partial charge in [0.2, 0.25) is 0 Å². The second-order valence-corrected chi connectivity index (χ2v) is 5.30. The highest BCUT2D eigenvalue weighted by Gasteiger charge is 2.15. The molecule has 1 atom stereocenters. The van der Waals surface area contributed by atoms with Gasteiger partial charge in [-0.15, -0.1) is 0 Å². The van der Waals surface area contributed by atoms with Gasteiger partial charge in [0.05, 0.1) is 11.3 Å². The molecule has 1 heterocycles. The molecule has 0 aliphatic rings. The average Bonchev–Trinajstić information content (AvgIpc) is 2.95. The minimum atomic E-state index is -0.648. The maximum atomic E-state index is 11.9. The van der Waals surface area contributed by atoms with Gasteiger partial charge in [0, 0.05) is 29.9 Å². The van der Waals surface area contributed by atoms with Crippen molar-refractivity contribution in [3.05, 3.63) is 46.5 Å². The predicted octanol–water partition coefficient (Wildman–Crippen LogP) is 2.84. The average molecular weight is 328 g/mol. The number of halogens is 2. The van der Waals surface area contributed by atoms with E-state index in [-0.39, 0.29) is 5.91 Å². The van der Waals surface area contributed by atoms with Gasteiger partial charge in [-0.3, -0.25) is 4.79 Å². The van der Waals surface area contributed by atoms with Crippen molar-refractivity contribution in [1.29, 1.82) is 0 Å². The van der Waals surface area contributed by atoms with E-state index in [9.17, 15) is 4.79 Å². The molecule has 1 aromatic carbocycles. The van der Waals surface area contributed by atoms with Crippen LogP contribution in [-0.4, -0.2) is 28.5 Å². The number of hydrogen-bond donors (Lipinski definition) is 2. The Bertz CT molecular complexity index is 602. The van der Waals surface area contributed by atoms with E-state index in [0.29, 0.717) is 28.8 Å². The fourth-order valence-electron chi connectivity index (χ4n) is 1.70. The SMILES string of the molecule is CC(Oc1ccc(Cl)cc1Cl)C(=O)NCCc1cnc[nH]1. The summed E-state index contributed by atoms with van der Waals surface area (Å²) in [7, 11) is 0. The molecule has 0 aliphatic heterocycles. The van der Waals surface area contributed by atoms with E-state index in [1.54, 1.807) is 37.6 Å². The minimum absolute atomic E-state index is 0.208. The van der Waals surface area contributed by atoms with Gasteiger partial charge in [-0.1, -0.05) is 23.2 Å². The number of nitrogens with one attached hydrogen (secondary N) is 2. The van der Waals surface area contributed by atoms with Crippen LogP contribution in [0.2, 0.25) is 10.0 Å². The van der Waals surface area contributed by atoms with Crippen LogP contribution < -0.4 is 10.1 Å². The van der Waals surface area contributed by atoms with Crippen molar-refractivity contribution in [3.8, 4) is 5.75 Å². The van der Waals surface area contributed by atoms with Crippen molar-refractivity contribution in [2.24, 2.45) is 0 Å². The number of ether oxygens (including phenoxy) is 1. The summed E-state index contributed by atoms with van der Waals surface area (Å²) in [6.45, 7) is 2.17. The van der Waals surface area contributed by atoms with E-state index in [1.807, 2.05) is 0 Å². The number of aromatic amines is 1. The molecule has 1 aromatic heterocycles. The molecule has 1 unspecified atom stereocenters. The maximum absolute atomic E-state index is 11.9. The fourth-order valence-corrected chi connectivity index (χ4v) is 2.15. The number of benzene rings is 1. The summed E-state index contributed by atoms with van der Waals surface area (Å²) in [6.07, 6.45) is 3.36. The van der Waals surface area contributed by atoms with Crippen molar-refractivity contribution in [2.45, 2.75) is 19.4 Å². The lowest BCUT2D eigenvalue weighted by molar-refractivity contribution is -0.127. The monoisotopic (exact) mass is 327 g/mol. The second kappa shape index (κ2) is 7.33. The number of aromatic nitrogens is 2. The fraction of sp³-hybridized carbons (Fsp3) is 0.286. The molecule has 2 N–H and O–H groups in total. The molecule has 2 rings (SSSR count). The number of H-pyrrole nitrogens is 1. The maximum Gasteiger partial charge on any atom is 0.260 e. The van der Waals surface area contributed by atoms with Crippen LogP contribution in [0, 0.1) is 0 Å². The van der Waals surface area contributed by atoms with Crippen LogP contribution in [-0.2, 0) is 11.2 Å². The van der Waals surface area contributed by atoms with Gasteiger partial charge in [0.1, 0.15) is 5.75 Å². The van der Waals surface area contributed by atoms with Crippen molar-refractivity contribution in [2.75, 3.05) is 6.54 Å². The number of amides is 1. The Morgan fingerprint density at radius 2 is 2.29 bits per heavy atom. The first-order chi connectivity index (χ1) is 10.1. The Morgan fingerprint density at radius 1 is 1.48 bits per heavy atom. The molecule has 1 amide bonds. The summed E-state index contributed by atoms with van der Waals surface area (Å²) in [5, 5.41) is 3.68. The van der Waals surface area contributed by atoms with Crippen LogP contribution in [0.15, 0.2) is 30.7 Å². The molecule has 21 heavy (non-hydrogen) atoms. The zero-order chi connectivity index (χ0) is 15.2. The lowest BCUT2D eigenvalue weighted by atomic mass is 10.3. The molecular weight excluding hydrogens is 313 g/mol. The smallest absolute Gasteiger partial charge is 0.260 e. The Labute approximate surface area is 132 Å². The van der Waals surface area contributed by atoms with Gasteiger partial charge in [-0.25, -0.2) is 4.98 Å². The molecule has 0 saturated carbocycles. The first-order valence-electron chi connectivity index (χ1n) is 6.43. The molecule has 7 heteroatoms. The van der Waals surface area contributed by atoms with Crippen molar-refractivity contribution >= 4 is 29.1 Å². The Kier molecular flexibility index (Phi) is 5.47. The van der Waals surface area contributed by atoms with Crippen LogP contribution in [0.5, 0.6) is 5.75 Å². The highest BCUT2D eigenvalue weighted by Crippen LogP contribution is 2.28. The van der Waals surface area contributed by atoms with Gasteiger partial charge in [-0.05, 0) is 25.1 Å². The van der Waals surface area contributed by atoms with E-state index in [1.165, 1.54) is 0 Å². The second-order valence-electron chi connectivity index (χ2n) is 4.45. The molecule has 0 fully saturated rings. The first kappa shape index (κ1) is 15.7. The minimum Gasteiger partial charge on any atom is -0.479 e. The number of carbonyl (C=O) groups is 1. The molecule has 0 aliphatic carbocycles. The Hall–Kier alpha value is -1.72. The number of carbonyl (C=O) groups excluding carboxylic acids is 1. The third-order valence-electron chi connectivity index (χ3n) is 2.82. The van der Waals surface area contributed by atoms with E-state index in [0.717, 1.165) is 5.69 Å². The standard InChI is InChI=1S/C14H15Cl2N3O2/c1-9(21-13-3-2-10(15)6-12(13)16)14(20)18-5-4-11-7-17-8-19-11/h2-3,6-9H,4-5H2,1H3,(H,17,19)(H,18,20). The van der Waals surface area contributed by atoms with Crippen molar-refractivity contribution < 1.29 is 9.53 Å². The third kappa shape index (κ3) is 4.65. The summed E-state index contributed by atoms with van der Waals surface area (Å²) >= 11 is 11.8. The molecule has 2 aromatic rings. The molecule has 112 valence electrons. The van der Waals surface area contributed by atoms with E-state index >= 15 is 0 Å². The normalized spacial score (nSPS) is 12.0. The van der Waals surface area contributed by atoms with Crippen molar-refractivity contribution in [3.63, 3.8) is 0 Å². The predicted molar refractivity (Wildman–Crippen MR) is 81.9 cm³/mol. The highest BCUT2D eigenvalue weighted by molar-refractivity contribution is 6.35. The Balaban J connectivity index is 1.81. The summed E-state index contributed by atoms with van der Waals surface area (Å²) in [5.74, 6) is 0.220. The number of imidazole rings is 1. The van der Waals surface area contributed by atoms with Gasteiger partial charge in [0.25, 0.3) is 5.91 Å². The molecular formula is C14H15Cl2N3O2. The lowest BCUT2D eigenvalue weighted by Crippen LogP contribution is -2.37.